The molecular weight excluding hydrogens is 474 g/mol. The molecule has 0 amide bonds. The van der Waals surface area contributed by atoms with Crippen molar-refractivity contribution in [2.24, 2.45) is 0 Å². The smallest absolute Gasteiger partial charge is 0.0976 e. The lowest BCUT2D eigenvalue weighted by Crippen LogP contribution is -2.26. The minimum absolute atomic E-state index is 0.808. The van der Waals surface area contributed by atoms with Crippen LogP contribution in [0, 0.1) is 0 Å². The summed E-state index contributed by atoms with van der Waals surface area (Å²) in [5, 5.41) is 3.78. The first-order valence-corrected chi connectivity index (χ1v) is 13.8. The minimum atomic E-state index is 0.808. The van der Waals surface area contributed by atoms with Crippen LogP contribution in [0.5, 0.6) is 0 Å². The highest BCUT2D eigenvalue weighted by Crippen LogP contribution is 2.34. The molecule has 3 nitrogen and oxygen atoms in total. The average Bonchev–Trinajstić information content (AvgIpc) is 3.45. The van der Waals surface area contributed by atoms with Gasteiger partial charge >= 0.3 is 0 Å². The summed E-state index contributed by atoms with van der Waals surface area (Å²) in [6, 6.07) is 15.2. The predicted octanol–water partition coefficient (Wildman–Crippen LogP) is 7.55. The first-order valence-electron chi connectivity index (χ1n) is 13.8. The van der Waals surface area contributed by atoms with Gasteiger partial charge in [0.15, 0.2) is 0 Å². The minimum Gasteiger partial charge on any atom is -0.317 e. The molecule has 2 heterocycles. The zero-order valence-electron chi connectivity index (χ0n) is 22.9. The number of nitrogens with zero attached hydrogens (tertiary/aromatic N) is 3. The van der Waals surface area contributed by atoms with E-state index >= 15 is 0 Å². The van der Waals surface area contributed by atoms with Gasteiger partial charge in [0.05, 0.1) is 28.3 Å². The number of rotatable bonds is 5. The van der Waals surface area contributed by atoms with E-state index in [0.29, 0.717) is 0 Å². The van der Waals surface area contributed by atoms with E-state index in [1.807, 2.05) is 6.08 Å². The van der Waals surface area contributed by atoms with Crippen molar-refractivity contribution in [2.75, 3.05) is 0 Å². The number of hydrogen-bond acceptors (Lipinski definition) is 2. The van der Waals surface area contributed by atoms with Crippen LogP contribution < -0.4 is 10.4 Å². The molecule has 39 heavy (non-hydrogen) atoms. The van der Waals surface area contributed by atoms with Crippen molar-refractivity contribution >= 4 is 46.5 Å². The van der Waals surface area contributed by atoms with Crippen LogP contribution in [0.4, 0.5) is 0 Å². The van der Waals surface area contributed by atoms with E-state index in [-0.39, 0.29) is 0 Å². The van der Waals surface area contributed by atoms with Gasteiger partial charge < -0.3 is 4.57 Å². The standard InChI is InChI=1S/C36H33N3/c1-5-16-26-27-19-13-14-22-33(27)39(32(26)7-3)24(4)23-31-30(6-2)37-35-28-20-12-10-8-9-11-17-25-18-15-21-29(34(25)28)36(35)38-31/h5-6,8-10,12-19,21-23H,2,7,11,20H2,1,3-4H3/b9-8-,12-10-,16-5-,24-23+,25-17-. The van der Waals surface area contributed by atoms with Crippen LogP contribution in [0.3, 0.4) is 0 Å². The van der Waals surface area contributed by atoms with Crippen LogP contribution in [0.2, 0.25) is 0 Å². The average molecular weight is 508 g/mol. The molecule has 6 rings (SSSR count). The molecule has 0 N–H and O–H groups in total. The molecule has 0 atom stereocenters. The number of allylic oxidation sites excluding steroid dienone is 6. The van der Waals surface area contributed by atoms with Gasteiger partial charge in [0.2, 0.25) is 0 Å². The first kappa shape index (κ1) is 24.8. The van der Waals surface area contributed by atoms with E-state index in [1.54, 1.807) is 0 Å². The Balaban J connectivity index is 1.57. The number of fused-ring (bicyclic) bond motifs is 4. The number of benzene rings is 2. The molecule has 2 aromatic carbocycles. The fraction of sp³-hybridized carbons (Fsp3) is 0.167. The largest absolute Gasteiger partial charge is 0.317 e. The summed E-state index contributed by atoms with van der Waals surface area (Å²) in [6.07, 6.45) is 21.9. The predicted molar refractivity (Wildman–Crippen MR) is 167 cm³/mol. The van der Waals surface area contributed by atoms with Crippen molar-refractivity contribution in [3.8, 4) is 11.3 Å². The molecule has 0 bridgehead atoms. The Labute approximate surface area is 230 Å². The molecule has 0 saturated heterocycles. The highest BCUT2D eigenvalue weighted by molar-refractivity contribution is 5.95. The van der Waals surface area contributed by atoms with Crippen molar-refractivity contribution in [3.05, 3.63) is 118 Å². The Morgan fingerprint density at radius 3 is 2.64 bits per heavy atom. The maximum Gasteiger partial charge on any atom is 0.0976 e. The number of hydrogen-bond donors (Lipinski definition) is 0. The fourth-order valence-electron chi connectivity index (χ4n) is 6.01. The molecule has 192 valence electrons. The summed E-state index contributed by atoms with van der Waals surface area (Å²) in [5.41, 5.74) is 10.9. The summed E-state index contributed by atoms with van der Waals surface area (Å²) in [7, 11) is 0. The van der Waals surface area contributed by atoms with E-state index < -0.39 is 0 Å². The molecule has 0 spiro atoms. The summed E-state index contributed by atoms with van der Waals surface area (Å²) in [6.45, 7) is 10.6. The Hall–Kier alpha value is -4.50. The molecule has 0 unspecified atom stereocenters. The fourth-order valence-corrected chi connectivity index (χ4v) is 6.01. The van der Waals surface area contributed by atoms with Crippen LogP contribution in [-0.4, -0.2) is 14.5 Å². The van der Waals surface area contributed by atoms with E-state index in [4.69, 9.17) is 9.97 Å². The van der Waals surface area contributed by atoms with Crippen LogP contribution in [0.25, 0.3) is 57.7 Å². The lowest BCUT2D eigenvalue weighted by molar-refractivity contribution is 0.970. The maximum absolute atomic E-state index is 5.27. The molecule has 3 heteroatoms. The lowest BCUT2D eigenvalue weighted by Gasteiger charge is -2.13. The van der Waals surface area contributed by atoms with Gasteiger partial charge in [-0.05, 0) is 67.3 Å². The Morgan fingerprint density at radius 2 is 1.82 bits per heavy atom. The van der Waals surface area contributed by atoms with Gasteiger partial charge in [0, 0.05) is 27.9 Å². The second kappa shape index (κ2) is 10.3. The van der Waals surface area contributed by atoms with Crippen molar-refractivity contribution in [3.63, 3.8) is 0 Å². The maximum atomic E-state index is 5.27. The van der Waals surface area contributed by atoms with Crippen LogP contribution in [-0.2, 0) is 6.42 Å². The third-order valence-electron chi connectivity index (χ3n) is 7.65. The molecule has 0 fully saturated rings. The Morgan fingerprint density at radius 1 is 1.00 bits per heavy atom. The van der Waals surface area contributed by atoms with Crippen molar-refractivity contribution < 1.29 is 0 Å². The third-order valence-corrected chi connectivity index (χ3v) is 7.65. The van der Waals surface area contributed by atoms with E-state index in [1.165, 1.54) is 38.2 Å². The quantitative estimate of drug-likeness (QED) is 0.279. The van der Waals surface area contributed by atoms with Gasteiger partial charge in [-0.2, -0.15) is 0 Å². The number of aromatic nitrogens is 3. The normalized spacial score (nSPS) is 17.1. The second-order valence-electron chi connectivity index (χ2n) is 10.00. The SMILES string of the molecule is C=Cc1nc2c(nc1/C=C(\C)n1c(CC)c(/C=C\C)c3ccccc31)-c1ccc/c3c1=C2C/C=C\C=C/C\C=3. The van der Waals surface area contributed by atoms with Gasteiger partial charge in [0.25, 0.3) is 0 Å². The molecule has 0 aliphatic heterocycles. The zero-order chi connectivity index (χ0) is 26.9. The van der Waals surface area contributed by atoms with E-state index in [0.717, 1.165) is 53.3 Å². The van der Waals surface area contributed by atoms with Crippen molar-refractivity contribution in [2.45, 2.75) is 40.0 Å². The van der Waals surface area contributed by atoms with E-state index in [2.05, 4.69) is 123 Å². The summed E-state index contributed by atoms with van der Waals surface area (Å²) in [4.78, 5) is 10.5. The van der Waals surface area contributed by atoms with Gasteiger partial charge in [0.1, 0.15) is 0 Å². The summed E-state index contributed by atoms with van der Waals surface area (Å²) >= 11 is 0. The highest BCUT2D eigenvalue weighted by atomic mass is 15.0. The zero-order valence-corrected chi connectivity index (χ0v) is 22.9. The first-order chi connectivity index (χ1) is 19.2. The topological polar surface area (TPSA) is 30.7 Å². The van der Waals surface area contributed by atoms with Crippen LogP contribution in [0.1, 0.15) is 62.0 Å². The second-order valence-corrected chi connectivity index (χ2v) is 10.00. The summed E-state index contributed by atoms with van der Waals surface area (Å²) < 4.78 is 2.37. The van der Waals surface area contributed by atoms with Crippen LogP contribution in [0.15, 0.2) is 79.4 Å². The van der Waals surface area contributed by atoms with Crippen molar-refractivity contribution in [1.29, 1.82) is 0 Å². The molecular formula is C36H33N3. The third kappa shape index (κ3) is 4.15. The highest BCUT2D eigenvalue weighted by Gasteiger charge is 2.25. The van der Waals surface area contributed by atoms with Gasteiger partial charge in [-0.25, -0.2) is 9.97 Å². The Kier molecular flexibility index (Phi) is 6.58. The summed E-state index contributed by atoms with van der Waals surface area (Å²) in [5.74, 6) is 0. The van der Waals surface area contributed by atoms with Gasteiger partial charge in [-0.1, -0.05) is 92.4 Å². The van der Waals surface area contributed by atoms with Crippen LogP contribution >= 0.6 is 0 Å². The lowest BCUT2D eigenvalue weighted by atomic mass is 10.1. The monoisotopic (exact) mass is 507 g/mol. The molecule has 2 aliphatic rings. The molecule has 4 aromatic rings. The van der Waals surface area contributed by atoms with Gasteiger partial charge in [-0.15, -0.1) is 0 Å². The van der Waals surface area contributed by atoms with Gasteiger partial charge in [-0.3, -0.25) is 0 Å². The van der Waals surface area contributed by atoms with Crippen molar-refractivity contribution in [1.82, 2.24) is 14.5 Å². The Bertz CT molecular complexity index is 1870. The molecule has 2 aromatic heterocycles. The molecule has 0 radical (unpaired) electrons. The van der Waals surface area contributed by atoms with E-state index in [9.17, 15) is 0 Å². The molecule has 0 saturated carbocycles. The molecule has 2 aliphatic carbocycles. The number of para-hydroxylation sites is 1.